The van der Waals surface area contributed by atoms with E-state index >= 15 is 0 Å². The number of phenols is 1. The number of phenolic OH excluding ortho intramolecular Hbond substituents is 1. The summed E-state index contributed by atoms with van der Waals surface area (Å²) in [6, 6.07) is 2.70. The number of anilines is 1. The highest BCUT2D eigenvalue weighted by Gasteiger charge is 2.42. The van der Waals surface area contributed by atoms with Crippen molar-refractivity contribution in [3.05, 3.63) is 34.3 Å². The molecule has 3 unspecified atom stereocenters. The lowest BCUT2D eigenvalue weighted by atomic mass is 9.79. The van der Waals surface area contributed by atoms with Crippen LogP contribution in [0.15, 0.2) is 28.8 Å². The molecule has 0 saturated heterocycles. The number of hydrogen-bond donors (Lipinski definition) is 3. The number of aromatic hydroxyl groups is 1. The molecule has 0 spiro atoms. The Labute approximate surface area is 112 Å². The molecule has 0 bridgehead atoms. The smallest absolute Gasteiger partial charge is 0.326 e. The Morgan fingerprint density at radius 2 is 2.22 bits per heavy atom. The molecule has 18 heavy (non-hydrogen) atoms. The maximum absolute atomic E-state index is 11.3. The third-order valence-electron chi connectivity index (χ3n) is 3.71. The van der Waals surface area contributed by atoms with Crippen molar-refractivity contribution in [2.75, 3.05) is 5.32 Å². The summed E-state index contributed by atoms with van der Waals surface area (Å²) in [5, 5.41) is 22.1. The number of halogens is 1. The van der Waals surface area contributed by atoms with Crippen LogP contribution >= 0.6 is 15.9 Å². The Balaban J connectivity index is 2.17. The molecule has 1 heterocycles. The number of benzene rings is 1. The molecule has 0 aromatic heterocycles. The van der Waals surface area contributed by atoms with Crippen LogP contribution in [0.3, 0.4) is 0 Å². The molecule has 0 amide bonds. The number of hydrogen-bond acceptors (Lipinski definition) is 3. The zero-order valence-electron chi connectivity index (χ0n) is 9.43. The maximum atomic E-state index is 11.3. The van der Waals surface area contributed by atoms with Gasteiger partial charge in [-0.15, -0.1) is 0 Å². The third kappa shape index (κ3) is 1.54. The SMILES string of the molecule is O=C(O)C1Nc2c(O)ccc(Br)c2C2C=CCC12. The van der Waals surface area contributed by atoms with Crippen LogP contribution in [0.1, 0.15) is 17.9 Å². The van der Waals surface area contributed by atoms with Gasteiger partial charge >= 0.3 is 5.97 Å². The van der Waals surface area contributed by atoms with Crippen molar-refractivity contribution in [1.82, 2.24) is 0 Å². The van der Waals surface area contributed by atoms with Gasteiger partial charge in [0.25, 0.3) is 0 Å². The molecule has 1 aromatic carbocycles. The minimum atomic E-state index is -0.876. The van der Waals surface area contributed by atoms with E-state index in [0.717, 1.165) is 16.5 Å². The summed E-state index contributed by atoms with van der Waals surface area (Å²) in [6.07, 6.45) is 4.79. The maximum Gasteiger partial charge on any atom is 0.326 e. The summed E-state index contributed by atoms with van der Waals surface area (Å²) in [6.45, 7) is 0. The average molecular weight is 310 g/mol. The summed E-state index contributed by atoms with van der Waals surface area (Å²) in [4.78, 5) is 11.3. The topological polar surface area (TPSA) is 69.6 Å². The first-order valence-electron chi connectivity index (χ1n) is 5.77. The number of carbonyl (C=O) groups is 1. The van der Waals surface area contributed by atoms with Crippen molar-refractivity contribution >= 4 is 27.6 Å². The van der Waals surface area contributed by atoms with E-state index < -0.39 is 12.0 Å². The number of nitrogens with one attached hydrogen (secondary N) is 1. The van der Waals surface area contributed by atoms with E-state index in [1.807, 2.05) is 12.2 Å². The van der Waals surface area contributed by atoms with Crippen molar-refractivity contribution in [3.8, 4) is 5.75 Å². The lowest BCUT2D eigenvalue weighted by Gasteiger charge is -2.35. The van der Waals surface area contributed by atoms with Gasteiger partial charge in [-0.3, -0.25) is 0 Å². The Kier molecular flexibility index (Phi) is 2.59. The number of fused-ring (bicyclic) bond motifs is 3. The number of aliphatic carboxylic acids is 1. The predicted molar refractivity (Wildman–Crippen MR) is 70.8 cm³/mol. The molecule has 3 atom stereocenters. The van der Waals surface area contributed by atoms with E-state index in [-0.39, 0.29) is 17.6 Å². The molecule has 1 aliphatic heterocycles. The Morgan fingerprint density at radius 3 is 2.94 bits per heavy atom. The average Bonchev–Trinajstić information content (AvgIpc) is 2.81. The predicted octanol–water partition coefficient (Wildman–Crippen LogP) is 2.69. The molecular formula is C13H12BrNO3. The normalized spacial score (nSPS) is 28.4. The van der Waals surface area contributed by atoms with Crippen molar-refractivity contribution in [1.29, 1.82) is 0 Å². The van der Waals surface area contributed by atoms with Crippen molar-refractivity contribution in [2.24, 2.45) is 5.92 Å². The fraction of sp³-hybridized carbons (Fsp3) is 0.308. The lowest BCUT2D eigenvalue weighted by Crippen LogP contribution is -2.42. The van der Waals surface area contributed by atoms with E-state index in [1.54, 1.807) is 12.1 Å². The van der Waals surface area contributed by atoms with Gasteiger partial charge in [0.1, 0.15) is 11.8 Å². The molecule has 1 aliphatic carbocycles. The summed E-state index contributed by atoms with van der Waals surface area (Å²) in [5.41, 5.74) is 1.48. The minimum Gasteiger partial charge on any atom is -0.506 e. The van der Waals surface area contributed by atoms with E-state index in [4.69, 9.17) is 0 Å². The van der Waals surface area contributed by atoms with Crippen LogP contribution in [0, 0.1) is 5.92 Å². The van der Waals surface area contributed by atoms with Gasteiger partial charge < -0.3 is 15.5 Å². The second kappa shape index (κ2) is 4.02. The molecule has 5 heteroatoms. The van der Waals surface area contributed by atoms with Crippen LogP contribution in [-0.4, -0.2) is 22.2 Å². The molecule has 3 N–H and O–H groups in total. The molecule has 4 nitrogen and oxygen atoms in total. The Morgan fingerprint density at radius 1 is 1.44 bits per heavy atom. The third-order valence-corrected chi connectivity index (χ3v) is 4.40. The highest BCUT2D eigenvalue weighted by Crippen LogP contribution is 2.50. The van der Waals surface area contributed by atoms with Gasteiger partial charge in [0.05, 0.1) is 5.69 Å². The molecule has 3 rings (SSSR count). The van der Waals surface area contributed by atoms with Gasteiger partial charge in [-0.25, -0.2) is 4.79 Å². The molecular weight excluding hydrogens is 298 g/mol. The molecule has 0 fully saturated rings. The van der Waals surface area contributed by atoms with Gasteiger partial charge in [-0.05, 0) is 18.6 Å². The zero-order chi connectivity index (χ0) is 12.9. The highest BCUT2D eigenvalue weighted by atomic mass is 79.9. The van der Waals surface area contributed by atoms with E-state index in [0.29, 0.717) is 5.69 Å². The lowest BCUT2D eigenvalue weighted by molar-refractivity contribution is -0.139. The standard InChI is InChI=1S/C13H12BrNO3/c14-8-4-5-9(16)12-10(8)6-2-1-3-7(6)11(15-12)13(17)18/h1-2,4-7,11,15-16H,3H2,(H,17,18). The first-order chi connectivity index (χ1) is 8.59. The van der Waals surface area contributed by atoms with Gasteiger partial charge in [0.2, 0.25) is 0 Å². The number of allylic oxidation sites excluding steroid dienone is 2. The van der Waals surface area contributed by atoms with Crippen LogP contribution in [-0.2, 0) is 4.79 Å². The monoisotopic (exact) mass is 309 g/mol. The van der Waals surface area contributed by atoms with Gasteiger partial charge in [-0.2, -0.15) is 0 Å². The van der Waals surface area contributed by atoms with Crippen molar-refractivity contribution in [3.63, 3.8) is 0 Å². The molecule has 2 aliphatic rings. The first kappa shape index (κ1) is 11.6. The van der Waals surface area contributed by atoms with Crippen LogP contribution < -0.4 is 5.32 Å². The quantitative estimate of drug-likeness (QED) is 0.551. The van der Waals surface area contributed by atoms with Gasteiger partial charge in [0.15, 0.2) is 0 Å². The molecule has 94 valence electrons. The minimum absolute atomic E-state index is 0.00750. The van der Waals surface area contributed by atoms with Crippen molar-refractivity contribution < 1.29 is 15.0 Å². The van der Waals surface area contributed by atoms with Crippen LogP contribution in [0.25, 0.3) is 0 Å². The van der Waals surface area contributed by atoms with Crippen LogP contribution in [0.5, 0.6) is 5.75 Å². The largest absolute Gasteiger partial charge is 0.506 e. The number of carboxylic acid groups (broad SMARTS) is 1. The molecule has 1 aromatic rings. The van der Waals surface area contributed by atoms with Gasteiger partial charge in [0, 0.05) is 21.9 Å². The summed E-state index contributed by atoms with van der Waals surface area (Å²) in [5.74, 6) is -0.728. The Bertz CT molecular complexity index is 555. The fourth-order valence-corrected chi connectivity index (χ4v) is 3.49. The summed E-state index contributed by atoms with van der Waals surface area (Å²) < 4.78 is 0.896. The highest BCUT2D eigenvalue weighted by molar-refractivity contribution is 9.10. The van der Waals surface area contributed by atoms with E-state index in [9.17, 15) is 15.0 Å². The zero-order valence-corrected chi connectivity index (χ0v) is 11.0. The fourth-order valence-electron chi connectivity index (χ4n) is 2.89. The summed E-state index contributed by atoms with van der Waals surface area (Å²) >= 11 is 3.48. The van der Waals surface area contributed by atoms with Crippen molar-refractivity contribution in [2.45, 2.75) is 18.4 Å². The number of rotatable bonds is 1. The second-order valence-corrected chi connectivity index (χ2v) is 5.52. The first-order valence-corrected chi connectivity index (χ1v) is 6.56. The van der Waals surface area contributed by atoms with Crippen LogP contribution in [0.4, 0.5) is 5.69 Å². The van der Waals surface area contributed by atoms with Gasteiger partial charge in [-0.1, -0.05) is 28.1 Å². The van der Waals surface area contributed by atoms with E-state index in [2.05, 4.69) is 21.2 Å². The van der Waals surface area contributed by atoms with Crippen LogP contribution in [0.2, 0.25) is 0 Å². The number of carboxylic acids is 1. The molecule has 0 radical (unpaired) electrons. The second-order valence-electron chi connectivity index (χ2n) is 4.67. The molecule has 0 saturated carbocycles. The Hall–Kier alpha value is -1.49. The van der Waals surface area contributed by atoms with E-state index in [1.165, 1.54) is 0 Å². The summed E-state index contributed by atoms with van der Waals surface area (Å²) in [7, 11) is 0.